The van der Waals surface area contributed by atoms with Gasteiger partial charge in [0.05, 0.1) is 5.37 Å². The molecule has 4 atom stereocenters. The second kappa shape index (κ2) is 5.61. The van der Waals surface area contributed by atoms with Gasteiger partial charge in [0, 0.05) is 12.3 Å². The Morgan fingerprint density at radius 1 is 1.47 bits per heavy atom. The molecule has 0 aromatic rings. The van der Waals surface area contributed by atoms with Crippen LogP contribution in [0.4, 0.5) is 4.79 Å². The lowest BCUT2D eigenvalue weighted by Crippen LogP contribution is -2.51. The molecule has 0 aromatic carbocycles. The van der Waals surface area contributed by atoms with Crippen molar-refractivity contribution in [2.45, 2.75) is 38.6 Å². The van der Waals surface area contributed by atoms with E-state index < -0.39 is 12.0 Å². The van der Waals surface area contributed by atoms with Crippen LogP contribution in [-0.4, -0.2) is 45.7 Å². The SMILES string of the molecule is CC(C)C1SCC(C(=O)O)N1C(=O)NCC1CC1C. The van der Waals surface area contributed by atoms with E-state index in [-0.39, 0.29) is 17.3 Å². The van der Waals surface area contributed by atoms with E-state index in [9.17, 15) is 14.7 Å². The summed E-state index contributed by atoms with van der Waals surface area (Å²) in [5.74, 6) is 1.07. The van der Waals surface area contributed by atoms with Crippen molar-refractivity contribution in [3.63, 3.8) is 0 Å². The number of hydrogen-bond donors (Lipinski definition) is 2. The van der Waals surface area contributed by atoms with Crippen molar-refractivity contribution in [3.8, 4) is 0 Å². The van der Waals surface area contributed by atoms with Crippen molar-refractivity contribution in [2.75, 3.05) is 12.3 Å². The Labute approximate surface area is 118 Å². The minimum absolute atomic E-state index is 0.0438. The molecular weight excluding hydrogens is 264 g/mol. The maximum Gasteiger partial charge on any atom is 0.327 e. The third-order valence-electron chi connectivity index (χ3n) is 3.92. The molecule has 1 saturated carbocycles. The van der Waals surface area contributed by atoms with Gasteiger partial charge in [0.1, 0.15) is 6.04 Å². The average Bonchev–Trinajstić information content (AvgIpc) is 2.88. The van der Waals surface area contributed by atoms with Crippen LogP contribution in [0.3, 0.4) is 0 Å². The van der Waals surface area contributed by atoms with Crippen LogP contribution in [-0.2, 0) is 4.79 Å². The Hall–Kier alpha value is -0.910. The molecule has 2 aliphatic rings. The Morgan fingerprint density at radius 3 is 2.58 bits per heavy atom. The number of urea groups is 1. The molecule has 108 valence electrons. The summed E-state index contributed by atoms with van der Waals surface area (Å²) in [7, 11) is 0. The monoisotopic (exact) mass is 286 g/mol. The molecule has 2 amide bonds. The summed E-state index contributed by atoms with van der Waals surface area (Å²) in [5, 5.41) is 12.1. The number of carboxylic acids is 1. The predicted molar refractivity (Wildman–Crippen MR) is 75.0 cm³/mol. The number of nitrogens with zero attached hydrogens (tertiary/aromatic N) is 1. The molecule has 0 bridgehead atoms. The van der Waals surface area contributed by atoms with E-state index in [1.807, 2.05) is 13.8 Å². The summed E-state index contributed by atoms with van der Waals surface area (Å²) < 4.78 is 0. The Kier molecular flexibility index (Phi) is 4.28. The first kappa shape index (κ1) is 14.5. The molecule has 6 heteroatoms. The maximum atomic E-state index is 12.3. The predicted octanol–water partition coefficient (Wildman–Crippen LogP) is 1.84. The van der Waals surface area contributed by atoms with Gasteiger partial charge < -0.3 is 10.4 Å². The van der Waals surface area contributed by atoms with E-state index in [2.05, 4.69) is 12.2 Å². The maximum absolute atomic E-state index is 12.3. The Morgan fingerprint density at radius 2 is 2.11 bits per heavy atom. The number of amides is 2. The Balaban J connectivity index is 1.98. The number of aliphatic carboxylic acids is 1. The number of carboxylic acid groups (broad SMARTS) is 1. The zero-order valence-electron chi connectivity index (χ0n) is 11.6. The van der Waals surface area contributed by atoms with Crippen molar-refractivity contribution < 1.29 is 14.7 Å². The summed E-state index contributed by atoms with van der Waals surface area (Å²) >= 11 is 1.56. The fourth-order valence-corrected chi connectivity index (χ4v) is 3.95. The van der Waals surface area contributed by atoms with Gasteiger partial charge in [0.25, 0.3) is 0 Å². The second-order valence-electron chi connectivity index (χ2n) is 5.89. The molecule has 0 radical (unpaired) electrons. The second-order valence-corrected chi connectivity index (χ2v) is 7.04. The summed E-state index contributed by atoms with van der Waals surface area (Å²) in [5.41, 5.74) is 0. The van der Waals surface area contributed by atoms with Gasteiger partial charge in [-0.1, -0.05) is 20.8 Å². The van der Waals surface area contributed by atoms with Crippen LogP contribution in [0.1, 0.15) is 27.2 Å². The van der Waals surface area contributed by atoms with E-state index in [4.69, 9.17) is 0 Å². The smallest absolute Gasteiger partial charge is 0.327 e. The van der Waals surface area contributed by atoms with Crippen LogP contribution >= 0.6 is 11.8 Å². The zero-order chi connectivity index (χ0) is 14.2. The molecule has 4 unspecified atom stereocenters. The van der Waals surface area contributed by atoms with E-state index in [0.717, 1.165) is 6.42 Å². The zero-order valence-corrected chi connectivity index (χ0v) is 12.4. The van der Waals surface area contributed by atoms with Crippen LogP contribution in [0.25, 0.3) is 0 Å². The van der Waals surface area contributed by atoms with Gasteiger partial charge in [0.15, 0.2) is 0 Å². The molecule has 0 spiro atoms. The normalized spacial score (nSPS) is 33.6. The first-order valence-electron chi connectivity index (χ1n) is 6.82. The minimum Gasteiger partial charge on any atom is -0.480 e. The van der Waals surface area contributed by atoms with Crippen LogP contribution in [0.5, 0.6) is 0 Å². The summed E-state index contributed by atoms with van der Waals surface area (Å²) in [6.45, 7) is 6.87. The first-order chi connectivity index (χ1) is 8.91. The van der Waals surface area contributed by atoms with Crippen LogP contribution in [0, 0.1) is 17.8 Å². The molecule has 2 fully saturated rings. The van der Waals surface area contributed by atoms with Gasteiger partial charge in [-0.25, -0.2) is 9.59 Å². The van der Waals surface area contributed by atoms with E-state index >= 15 is 0 Å². The quantitative estimate of drug-likeness (QED) is 0.827. The number of thioether (sulfide) groups is 1. The van der Waals surface area contributed by atoms with Gasteiger partial charge in [-0.05, 0) is 24.2 Å². The highest BCUT2D eigenvalue weighted by molar-refractivity contribution is 8.00. The lowest BCUT2D eigenvalue weighted by molar-refractivity contribution is -0.141. The fraction of sp³-hybridized carbons (Fsp3) is 0.846. The molecule has 2 rings (SSSR count). The summed E-state index contributed by atoms with van der Waals surface area (Å²) in [6, 6.07) is -0.927. The van der Waals surface area contributed by atoms with Gasteiger partial charge in [0.2, 0.25) is 0 Å². The standard InChI is InChI=1S/C13H22N2O3S/c1-7(2)11-15(10(6-19-11)12(16)17)13(18)14-5-9-4-8(9)3/h7-11H,4-6H2,1-3H3,(H,14,18)(H,16,17). The highest BCUT2D eigenvalue weighted by Crippen LogP contribution is 2.37. The van der Waals surface area contributed by atoms with E-state index in [1.54, 1.807) is 11.8 Å². The number of nitrogens with one attached hydrogen (secondary N) is 1. The largest absolute Gasteiger partial charge is 0.480 e. The fourth-order valence-electron chi connectivity index (χ4n) is 2.48. The molecule has 0 aromatic heterocycles. The molecule has 1 aliphatic heterocycles. The lowest BCUT2D eigenvalue weighted by atomic mass is 10.1. The van der Waals surface area contributed by atoms with Crippen molar-refractivity contribution in [2.24, 2.45) is 17.8 Å². The molecule has 1 aliphatic carbocycles. The molecule has 1 heterocycles. The third kappa shape index (κ3) is 3.16. The van der Waals surface area contributed by atoms with Crippen molar-refractivity contribution >= 4 is 23.8 Å². The van der Waals surface area contributed by atoms with Crippen LogP contribution in [0.2, 0.25) is 0 Å². The first-order valence-corrected chi connectivity index (χ1v) is 7.87. The van der Waals surface area contributed by atoms with Crippen molar-refractivity contribution in [1.82, 2.24) is 10.2 Å². The molecule has 19 heavy (non-hydrogen) atoms. The lowest BCUT2D eigenvalue weighted by Gasteiger charge is -2.29. The number of carbonyl (C=O) groups is 2. The van der Waals surface area contributed by atoms with Gasteiger partial charge >= 0.3 is 12.0 Å². The summed E-state index contributed by atoms with van der Waals surface area (Å²) in [4.78, 5) is 25.0. The highest BCUT2D eigenvalue weighted by atomic mass is 32.2. The van der Waals surface area contributed by atoms with Gasteiger partial charge in [-0.2, -0.15) is 0 Å². The van der Waals surface area contributed by atoms with Crippen molar-refractivity contribution in [3.05, 3.63) is 0 Å². The number of rotatable bonds is 4. The molecular formula is C13H22N2O3S. The molecule has 5 nitrogen and oxygen atoms in total. The van der Waals surface area contributed by atoms with Gasteiger partial charge in [-0.15, -0.1) is 11.8 Å². The number of hydrogen-bond acceptors (Lipinski definition) is 3. The van der Waals surface area contributed by atoms with Crippen LogP contribution < -0.4 is 5.32 Å². The van der Waals surface area contributed by atoms with Crippen molar-refractivity contribution in [1.29, 1.82) is 0 Å². The molecule has 1 saturated heterocycles. The topological polar surface area (TPSA) is 69.6 Å². The minimum atomic E-state index is -0.911. The molecule has 2 N–H and O–H groups in total. The average molecular weight is 286 g/mol. The van der Waals surface area contributed by atoms with Gasteiger partial charge in [-0.3, -0.25) is 4.90 Å². The number of carbonyl (C=O) groups excluding carboxylic acids is 1. The summed E-state index contributed by atoms with van der Waals surface area (Å²) in [6.07, 6.45) is 1.16. The van der Waals surface area contributed by atoms with E-state index in [0.29, 0.717) is 24.1 Å². The third-order valence-corrected chi connectivity index (χ3v) is 5.54. The highest BCUT2D eigenvalue weighted by Gasteiger charge is 2.43. The van der Waals surface area contributed by atoms with E-state index in [1.165, 1.54) is 4.90 Å². The Bertz CT molecular complexity index is 375. The van der Waals surface area contributed by atoms with Crippen LogP contribution in [0.15, 0.2) is 0 Å².